The van der Waals surface area contributed by atoms with E-state index in [1.807, 2.05) is 13.8 Å². The molecule has 3 heteroatoms. The Morgan fingerprint density at radius 2 is 2.00 bits per heavy atom. The summed E-state index contributed by atoms with van der Waals surface area (Å²) in [5.74, 6) is 0.191. The van der Waals surface area contributed by atoms with Gasteiger partial charge in [-0.05, 0) is 6.42 Å². The average Bonchev–Trinajstić information content (AvgIpc) is 1.82. The van der Waals surface area contributed by atoms with Gasteiger partial charge in [-0.2, -0.15) is 0 Å². The molecule has 2 nitrogen and oxygen atoms in total. The molecule has 1 radical (unpaired) electrons. The number of hydrogen-bond donors (Lipinski definition) is 0. The maximum absolute atomic E-state index is 10.7. The minimum absolute atomic E-state index is 0. The van der Waals surface area contributed by atoms with Gasteiger partial charge < -0.3 is 4.79 Å². The molecule has 0 aliphatic heterocycles. The van der Waals surface area contributed by atoms with E-state index in [9.17, 15) is 9.59 Å². The Bertz CT molecular complexity index is 110. The van der Waals surface area contributed by atoms with E-state index in [1.165, 1.54) is 0 Å². The smallest absolute Gasteiger partial charge is 0.133 e. The molecule has 0 aliphatic carbocycles. The second-order valence-electron chi connectivity index (χ2n) is 2.27. The first-order valence-electron chi connectivity index (χ1n) is 3.06. The van der Waals surface area contributed by atoms with Crippen molar-refractivity contribution in [1.29, 1.82) is 0 Å². The van der Waals surface area contributed by atoms with Gasteiger partial charge in [0.15, 0.2) is 0 Å². The number of ketones is 1. The third kappa shape index (κ3) is 6.56. The van der Waals surface area contributed by atoms with Crippen LogP contribution in [0.1, 0.15) is 26.7 Å². The molecule has 0 atom stereocenters. The Balaban J connectivity index is 0. The van der Waals surface area contributed by atoms with E-state index in [4.69, 9.17) is 0 Å². The number of carbonyl (C=O) groups excluding carboxylic acids is 2. The molecule has 0 bridgehead atoms. The maximum Gasteiger partial charge on any atom is 0.133 e. The molecule has 55 valence electrons. The van der Waals surface area contributed by atoms with Gasteiger partial charge in [-0.25, -0.2) is 0 Å². The zero-order valence-electron chi connectivity index (χ0n) is 6.39. The predicted molar refractivity (Wildman–Crippen MR) is 34.8 cm³/mol. The van der Waals surface area contributed by atoms with Crippen LogP contribution in [0, 0.1) is 5.92 Å². The molecule has 0 aromatic carbocycles. The van der Waals surface area contributed by atoms with Crippen LogP contribution in [0.5, 0.6) is 0 Å². The number of rotatable bonds is 4. The van der Waals surface area contributed by atoms with Gasteiger partial charge in [0, 0.05) is 38.6 Å². The SMILES string of the molecule is CC(C)C(=O)CC[C-]=O.[Y]. The Morgan fingerprint density at radius 1 is 1.50 bits per heavy atom. The molecule has 0 amide bonds. The Morgan fingerprint density at radius 3 is 2.30 bits per heavy atom. The van der Waals surface area contributed by atoms with Crippen molar-refractivity contribution < 1.29 is 42.3 Å². The van der Waals surface area contributed by atoms with Crippen LogP contribution in [-0.4, -0.2) is 12.1 Å². The monoisotopic (exact) mass is 216 g/mol. The number of Topliss-reactive ketones (excluding diaryl/α,β-unsaturated/α-hetero) is 1. The van der Waals surface area contributed by atoms with E-state index >= 15 is 0 Å². The fraction of sp³-hybridized carbons (Fsp3) is 0.714. The number of carbonyl (C=O) groups is 1. The molecule has 0 saturated heterocycles. The second-order valence-corrected chi connectivity index (χ2v) is 2.27. The van der Waals surface area contributed by atoms with Gasteiger partial charge in [-0.3, -0.25) is 11.1 Å². The van der Waals surface area contributed by atoms with Crippen LogP contribution in [0.25, 0.3) is 0 Å². The van der Waals surface area contributed by atoms with Gasteiger partial charge in [0.05, 0.1) is 0 Å². The summed E-state index contributed by atoms with van der Waals surface area (Å²) in [4.78, 5) is 20.4. The average molecular weight is 216 g/mol. The minimum Gasteiger partial charge on any atom is -0.542 e. The summed E-state index contributed by atoms with van der Waals surface area (Å²) in [6, 6.07) is 0. The van der Waals surface area contributed by atoms with Crippen molar-refractivity contribution in [3.05, 3.63) is 0 Å². The normalized spacial score (nSPS) is 8.70. The molecular formula is C7H11O2Y-. The van der Waals surface area contributed by atoms with Crippen LogP contribution in [0.3, 0.4) is 0 Å². The van der Waals surface area contributed by atoms with Gasteiger partial charge >= 0.3 is 0 Å². The summed E-state index contributed by atoms with van der Waals surface area (Å²) in [6.45, 7) is 3.65. The van der Waals surface area contributed by atoms with E-state index < -0.39 is 0 Å². The molecule has 0 spiro atoms. The van der Waals surface area contributed by atoms with Crippen LogP contribution in [0.15, 0.2) is 0 Å². The Kier molecular flexibility index (Phi) is 9.86. The topological polar surface area (TPSA) is 34.1 Å². The molecule has 0 aromatic heterocycles. The van der Waals surface area contributed by atoms with Crippen molar-refractivity contribution in [2.75, 3.05) is 0 Å². The van der Waals surface area contributed by atoms with Crippen molar-refractivity contribution in [2.24, 2.45) is 5.92 Å². The van der Waals surface area contributed by atoms with E-state index in [0.717, 1.165) is 0 Å². The molecule has 0 rings (SSSR count). The van der Waals surface area contributed by atoms with E-state index in [-0.39, 0.29) is 50.8 Å². The van der Waals surface area contributed by atoms with Gasteiger partial charge in [0.1, 0.15) is 5.78 Å². The first kappa shape index (κ1) is 13.1. The van der Waals surface area contributed by atoms with Gasteiger partial charge in [0.2, 0.25) is 0 Å². The summed E-state index contributed by atoms with van der Waals surface area (Å²) in [5, 5.41) is 0. The summed E-state index contributed by atoms with van der Waals surface area (Å²) in [7, 11) is 0. The van der Waals surface area contributed by atoms with E-state index in [1.54, 1.807) is 6.29 Å². The first-order valence-corrected chi connectivity index (χ1v) is 3.06. The fourth-order valence-corrected chi connectivity index (χ4v) is 0.463. The molecular weight excluding hydrogens is 205 g/mol. The standard InChI is InChI=1S/C7H11O2.Y/c1-6(2)7(9)4-3-5-8;/h6H,3-4H2,1-2H3;/q-1;. The third-order valence-electron chi connectivity index (χ3n) is 1.12. The molecule has 0 heterocycles. The van der Waals surface area contributed by atoms with Crippen LogP contribution >= 0.6 is 0 Å². The predicted octanol–water partition coefficient (Wildman–Crippen LogP) is 1.10. The van der Waals surface area contributed by atoms with Crippen LogP contribution in [0.4, 0.5) is 0 Å². The summed E-state index contributed by atoms with van der Waals surface area (Å²) in [5.41, 5.74) is 0. The minimum atomic E-state index is 0. The van der Waals surface area contributed by atoms with Crippen molar-refractivity contribution >= 4 is 12.1 Å². The van der Waals surface area contributed by atoms with Crippen LogP contribution < -0.4 is 0 Å². The largest absolute Gasteiger partial charge is 0.542 e. The van der Waals surface area contributed by atoms with Gasteiger partial charge in [-0.1, -0.05) is 13.8 Å². The van der Waals surface area contributed by atoms with E-state index in [0.29, 0.717) is 6.42 Å². The molecule has 0 saturated carbocycles. The second kappa shape index (κ2) is 7.55. The van der Waals surface area contributed by atoms with Crippen molar-refractivity contribution in [2.45, 2.75) is 26.7 Å². The fourth-order valence-electron chi connectivity index (χ4n) is 0.463. The number of hydrogen-bond acceptors (Lipinski definition) is 2. The first-order chi connectivity index (χ1) is 4.18. The maximum atomic E-state index is 10.7. The van der Waals surface area contributed by atoms with Gasteiger partial charge in [0.25, 0.3) is 0 Å². The molecule has 0 unspecified atom stereocenters. The summed E-state index contributed by atoms with van der Waals surface area (Å²) >= 11 is 0. The van der Waals surface area contributed by atoms with E-state index in [2.05, 4.69) is 0 Å². The molecule has 0 fully saturated rings. The molecule has 0 N–H and O–H groups in total. The third-order valence-corrected chi connectivity index (χ3v) is 1.12. The zero-order chi connectivity index (χ0) is 7.28. The summed E-state index contributed by atoms with van der Waals surface area (Å²) < 4.78 is 0. The molecule has 0 aromatic rings. The molecule has 10 heavy (non-hydrogen) atoms. The quantitative estimate of drug-likeness (QED) is 0.659. The van der Waals surface area contributed by atoms with Crippen LogP contribution in [0.2, 0.25) is 0 Å². The van der Waals surface area contributed by atoms with Crippen LogP contribution in [-0.2, 0) is 42.3 Å². The Hall–Kier alpha value is 0.444. The van der Waals surface area contributed by atoms with Gasteiger partial charge in [-0.15, -0.1) is 6.42 Å². The zero-order valence-corrected chi connectivity index (χ0v) is 9.22. The Labute approximate surface area is 86.6 Å². The van der Waals surface area contributed by atoms with Crippen molar-refractivity contribution in [3.8, 4) is 0 Å². The van der Waals surface area contributed by atoms with Crippen molar-refractivity contribution in [1.82, 2.24) is 0 Å². The molecule has 0 aliphatic rings. The summed E-state index contributed by atoms with van der Waals surface area (Å²) in [6.07, 6.45) is 2.28. The van der Waals surface area contributed by atoms with Crippen molar-refractivity contribution in [3.63, 3.8) is 0 Å².